The summed E-state index contributed by atoms with van der Waals surface area (Å²) in [7, 11) is 1.90. The minimum Gasteiger partial charge on any atom is -0.333 e. The Kier molecular flexibility index (Phi) is 5.59. The quantitative estimate of drug-likeness (QED) is 0.538. The number of aromatic nitrogens is 4. The van der Waals surface area contributed by atoms with E-state index in [1.165, 1.54) is 23.5 Å². The Balaban J connectivity index is 0.00000210. The predicted molar refractivity (Wildman–Crippen MR) is 106 cm³/mol. The Bertz CT molecular complexity index is 1060. The van der Waals surface area contributed by atoms with Gasteiger partial charge in [-0.25, -0.2) is 9.07 Å². The van der Waals surface area contributed by atoms with Crippen LogP contribution in [0.1, 0.15) is 18.4 Å². The smallest absolute Gasteiger partial charge is 0.268 e. The number of likely N-dealkylation sites (N-methyl/N-ethyl adjacent to an activating group) is 1. The lowest BCUT2D eigenvalue weighted by atomic mass is 10.2. The van der Waals surface area contributed by atoms with Gasteiger partial charge in [-0.2, -0.15) is 10.1 Å². The monoisotopic (exact) mass is 407 g/mol. The Morgan fingerprint density at radius 1 is 1.30 bits per heavy atom. The van der Waals surface area contributed by atoms with Crippen LogP contribution >= 0.6 is 23.7 Å². The largest absolute Gasteiger partial charge is 0.333 e. The molecule has 1 N–H and O–H groups in total. The van der Waals surface area contributed by atoms with Gasteiger partial charge >= 0.3 is 0 Å². The predicted octanol–water partition coefficient (Wildman–Crippen LogP) is 4.16. The van der Waals surface area contributed by atoms with Crippen molar-refractivity contribution in [1.82, 2.24) is 25.2 Å². The highest BCUT2D eigenvalue weighted by Crippen LogP contribution is 2.35. The fourth-order valence-corrected chi connectivity index (χ4v) is 3.83. The van der Waals surface area contributed by atoms with Gasteiger partial charge in [0.2, 0.25) is 0 Å². The van der Waals surface area contributed by atoms with Gasteiger partial charge in [-0.05, 0) is 51.2 Å². The van der Waals surface area contributed by atoms with Crippen molar-refractivity contribution in [3.8, 4) is 16.5 Å². The summed E-state index contributed by atoms with van der Waals surface area (Å²) in [4.78, 5) is 6.36. The number of fused-ring (bicyclic) bond motifs is 1. The van der Waals surface area contributed by atoms with Crippen molar-refractivity contribution in [1.29, 1.82) is 0 Å². The van der Waals surface area contributed by atoms with Gasteiger partial charge in [-0.3, -0.25) is 0 Å². The highest BCUT2D eigenvalue weighted by atomic mass is 35.5. The maximum atomic E-state index is 13.2. The zero-order valence-corrected chi connectivity index (χ0v) is 16.7. The van der Waals surface area contributed by atoms with Crippen LogP contribution in [0.2, 0.25) is 0 Å². The maximum Gasteiger partial charge on any atom is 0.268 e. The van der Waals surface area contributed by atoms with Crippen molar-refractivity contribution in [2.24, 2.45) is 0 Å². The molecule has 0 fully saturated rings. The Morgan fingerprint density at radius 2 is 2.04 bits per heavy atom. The average Bonchev–Trinajstić information content (AvgIpc) is 3.32. The fraction of sp³-hybridized carbons (Fsp3) is 0.278. The zero-order valence-electron chi connectivity index (χ0n) is 15.1. The molecule has 9 heteroatoms. The van der Waals surface area contributed by atoms with E-state index in [0.717, 1.165) is 26.5 Å². The average molecular weight is 408 g/mol. The van der Waals surface area contributed by atoms with Gasteiger partial charge in [0.15, 0.2) is 5.82 Å². The van der Waals surface area contributed by atoms with Crippen LogP contribution in [0.5, 0.6) is 0 Å². The van der Waals surface area contributed by atoms with Gasteiger partial charge in [0.25, 0.3) is 5.89 Å². The van der Waals surface area contributed by atoms with Gasteiger partial charge in [0, 0.05) is 17.8 Å². The Morgan fingerprint density at radius 3 is 2.74 bits per heavy atom. The first-order valence-electron chi connectivity index (χ1n) is 8.30. The number of hydrogen-bond acceptors (Lipinski definition) is 6. The molecule has 0 bridgehead atoms. The molecule has 142 valence electrons. The molecule has 4 aromatic rings. The van der Waals surface area contributed by atoms with Crippen molar-refractivity contribution in [3.63, 3.8) is 0 Å². The van der Waals surface area contributed by atoms with Crippen molar-refractivity contribution in [2.45, 2.75) is 26.3 Å². The third kappa shape index (κ3) is 3.73. The number of thiophene rings is 1. The van der Waals surface area contributed by atoms with Gasteiger partial charge in [0.1, 0.15) is 10.6 Å². The summed E-state index contributed by atoms with van der Waals surface area (Å²) in [5.74, 6) is 0.917. The van der Waals surface area contributed by atoms with E-state index in [1.54, 1.807) is 12.1 Å². The van der Waals surface area contributed by atoms with E-state index in [1.807, 2.05) is 24.7 Å². The molecule has 0 saturated carbocycles. The molecule has 0 spiro atoms. The fourth-order valence-electron chi connectivity index (χ4n) is 2.72. The first-order chi connectivity index (χ1) is 12.5. The van der Waals surface area contributed by atoms with Crippen LogP contribution in [0.4, 0.5) is 4.39 Å². The van der Waals surface area contributed by atoms with Gasteiger partial charge in [-0.1, -0.05) is 5.16 Å². The molecular formula is C18H19ClFN5OS. The normalized spacial score (nSPS) is 12.3. The molecule has 0 amide bonds. The van der Waals surface area contributed by atoms with E-state index >= 15 is 0 Å². The Hall–Kier alpha value is -2.29. The molecule has 6 nitrogen and oxygen atoms in total. The molecule has 0 saturated heterocycles. The first kappa shape index (κ1) is 19.5. The van der Waals surface area contributed by atoms with E-state index in [9.17, 15) is 4.39 Å². The van der Waals surface area contributed by atoms with Gasteiger partial charge in [-0.15, -0.1) is 23.7 Å². The maximum absolute atomic E-state index is 13.2. The summed E-state index contributed by atoms with van der Waals surface area (Å²) in [5, 5.41) is 12.8. The number of halogens is 2. The molecule has 0 aliphatic carbocycles. The number of rotatable bonds is 5. The molecule has 0 radical (unpaired) electrons. The molecule has 27 heavy (non-hydrogen) atoms. The topological polar surface area (TPSA) is 68.8 Å². The van der Waals surface area contributed by atoms with Crippen LogP contribution in [0.15, 0.2) is 34.9 Å². The second-order valence-electron chi connectivity index (χ2n) is 6.21. The van der Waals surface area contributed by atoms with Gasteiger partial charge < -0.3 is 9.84 Å². The van der Waals surface area contributed by atoms with E-state index in [-0.39, 0.29) is 24.3 Å². The lowest BCUT2D eigenvalue weighted by Gasteiger charge is -2.04. The number of nitrogens with zero attached hydrogens (tertiary/aromatic N) is 4. The molecule has 1 atom stereocenters. The van der Waals surface area contributed by atoms with Gasteiger partial charge in [0.05, 0.1) is 16.3 Å². The zero-order chi connectivity index (χ0) is 18.3. The standard InChI is InChI=1S/C18H18FN5OS.ClH/c1-10(20-3)8-16-21-17(25-23-16)15-9-14-11(2)22-24(18(14)26-15)13-6-4-12(19)5-7-13;/h4-7,9-10,20H,8H2,1-3H3;1H. The number of hydrogen-bond donors (Lipinski definition) is 1. The van der Waals surface area contributed by atoms with E-state index in [4.69, 9.17) is 4.52 Å². The summed E-state index contributed by atoms with van der Waals surface area (Å²) in [6.45, 7) is 4.02. The summed E-state index contributed by atoms with van der Waals surface area (Å²) < 4.78 is 20.5. The first-order valence-corrected chi connectivity index (χ1v) is 9.12. The van der Waals surface area contributed by atoms with Crippen LogP contribution < -0.4 is 5.32 Å². The number of aryl methyl sites for hydroxylation is 1. The van der Waals surface area contributed by atoms with Crippen molar-refractivity contribution >= 4 is 34.0 Å². The summed E-state index contributed by atoms with van der Waals surface area (Å²) in [5.41, 5.74) is 1.71. The minimum absolute atomic E-state index is 0. The summed E-state index contributed by atoms with van der Waals surface area (Å²) in [6.07, 6.45) is 0.702. The highest BCUT2D eigenvalue weighted by Gasteiger charge is 2.18. The second kappa shape index (κ2) is 7.75. The molecule has 0 aliphatic rings. The van der Waals surface area contributed by atoms with Crippen LogP contribution in [0.25, 0.3) is 26.7 Å². The van der Waals surface area contributed by atoms with Crippen molar-refractivity contribution < 1.29 is 8.91 Å². The molecule has 1 unspecified atom stereocenters. The molecular weight excluding hydrogens is 389 g/mol. The Labute approximate surface area is 165 Å². The lowest BCUT2D eigenvalue weighted by Crippen LogP contribution is -2.24. The highest BCUT2D eigenvalue weighted by molar-refractivity contribution is 7.21. The van der Waals surface area contributed by atoms with Crippen molar-refractivity contribution in [2.75, 3.05) is 7.05 Å². The van der Waals surface area contributed by atoms with Crippen LogP contribution in [-0.4, -0.2) is 33.0 Å². The number of nitrogens with one attached hydrogen (secondary N) is 1. The molecule has 1 aromatic carbocycles. The molecule has 4 rings (SSSR count). The molecule has 3 heterocycles. The SMILES string of the molecule is CNC(C)Cc1noc(-c2cc3c(C)nn(-c4ccc(F)cc4)c3s2)n1.Cl. The summed E-state index contributed by atoms with van der Waals surface area (Å²) >= 11 is 1.53. The minimum atomic E-state index is -0.269. The molecule has 3 aromatic heterocycles. The second-order valence-corrected chi connectivity index (χ2v) is 7.24. The van der Waals surface area contributed by atoms with Crippen molar-refractivity contribution in [3.05, 3.63) is 47.7 Å². The number of benzene rings is 1. The van der Waals surface area contributed by atoms with Crippen LogP contribution in [0, 0.1) is 12.7 Å². The third-order valence-corrected chi connectivity index (χ3v) is 5.37. The van der Waals surface area contributed by atoms with Crippen LogP contribution in [-0.2, 0) is 6.42 Å². The van der Waals surface area contributed by atoms with E-state index in [2.05, 4.69) is 27.5 Å². The third-order valence-electron chi connectivity index (χ3n) is 4.28. The van der Waals surface area contributed by atoms with Crippen LogP contribution in [0.3, 0.4) is 0 Å². The molecule has 0 aliphatic heterocycles. The lowest BCUT2D eigenvalue weighted by molar-refractivity contribution is 0.419. The van der Waals surface area contributed by atoms with E-state index < -0.39 is 0 Å². The van der Waals surface area contributed by atoms with E-state index in [0.29, 0.717) is 18.1 Å². The summed E-state index contributed by atoms with van der Waals surface area (Å²) in [6, 6.07) is 8.58.